The largest absolute Gasteiger partial charge is 0.495 e. The van der Waals surface area contributed by atoms with Crippen LogP contribution in [0.2, 0.25) is 0 Å². The minimum Gasteiger partial charge on any atom is -0.495 e. The fraction of sp³-hybridized carbons (Fsp3) is 0.154. The number of pyridine rings is 1. The van der Waals surface area contributed by atoms with Crippen LogP contribution in [-0.2, 0) is 6.54 Å². The number of hydrogen-bond donors (Lipinski definition) is 2. The Bertz CT molecular complexity index is 677. The Morgan fingerprint density at radius 1 is 1.21 bits per heavy atom. The summed E-state index contributed by atoms with van der Waals surface area (Å²) in [7, 11) is 1.62. The van der Waals surface area contributed by atoms with Crippen molar-refractivity contribution in [3.8, 4) is 5.75 Å². The van der Waals surface area contributed by atoms with Gasteiger partial charge in [0.2, 0.25) is 0 Å². The first kappa shape index (κ1) is 11.5. The summed E-state index contributed by atoms with van der Waals surface area (Å²) in [5, 5.41) is 4.22. The Balaban J connectivity index is 1.76. The van der Waals surface area contributed by atoms with Gasteiger partial charge in [-0.25, -0.2) is 9.97 Å². The van der Waals surface area contributed by atoms with Crippen molar-refractivity contribution < 1.29 is 4.74 Å². The lowest BCUT2D eigenvalue weighted by Gasteiger charge is -2.06. The van der Waals surface area contributed by atoms with Crippen LogP contribution in [0.3, 0.4) is 0 Å². The van der Waals surface area contributed by atoms with Gasteiger partial charge >= 0.3 is 0 Å². The van der Waals surface area contributed by atoms with Gasteiger partial charge in [-0.15, -0.1) is 0 Å². The van der Waals surface area contributed by atoms with Crippen molar-refractivity contribution in [1.82, 2.24) is 19.9 Å². The van der Waals surface area contributed by atoms with Gasteiger partial charge in [0.1, 0.15) is 23.5 Å². The van der Waals surface area contributed by atoms with Crippen LogP contribution in [0.15, 0.2) is 36.9 Å². The molecule has 6 nitrogen and oxygen atoms in total. The van der Waals surface area contributed by atoms with Gasteiger partial charge in [-0.2, -0.15) is 0 Å². The lowest BCUT2D eigenvalue weighted by molar-refractivity contribution is 0.412. The second-order valence-corrected chi connectivity index (χ2v) is 4.01. The molecule has 0 bridgehead atoms. The quantitative estimate of drug-likeness (QED) is 0.745. The predicted molar refractivity (Wildman–Crippen MR) is 72.0 cm³/mol. The Morgan fingerprint density at radius 3 is 2.95 bits per heavy atom. The molecule has 0 saturated carbocycles. The first-order chi connectivity index (χ1) is 9.36. The number of nitrogens with one attached hydrogen (secondary N) is 2. The molecular formula is C13H13N5O. The number of hydrogen-bond acceptors (Lipinski definition) is 5. The van der Waals surface area contributed by atoms with Crippen LogP contribution in [0, 0.1) is 0 Å². The second kappa shape index (κ2) is 4.93. The zero-order valence-corrected chi connectivity index (χ0v) is 10.4. The van der Waals surface area contributed by atoms with Crippen LogP contribution < -0.4 is 10.1 Å². The van der Waals surface area contributed by atoms with E-state index in [9.17, 15) is 0 Å². The van der Waals surface area contributed by atoms with E-state index in [1.54, 1.807) is 13.3 Å². The lowest BCUT2D eigenvalue weighted by Crippen LogP contribution is -2.03. The van der Waals surface area contributed by atoms with Gasteiger partial charge < -0.3 is 15.0 Å². The highest BCUT2D eigenvalue weighted by molar-refractivity contribution is 5.86. The topological polar surface area (TPSA) is 75.7 Å². The fourth-order valence-electron chi connectivity index (χ4n) is 1.82. The Morgan fingerprint density at radius 2 is 2.16 bits per heavy atom. The van der Waals surface area contributed by atoms with E-state index in [-0.39, 0.29) is 0 Å². The highest BCUT2D eigenvalue weighted by atomic mass is 16.5. The maximum absolute atomic E-state index is 5.07. The third kappa shape index (κ3) is 2.33. The van der Waals surface area contributed by atoms with Crippen LogP contribution in [-0.4, -0.2) is 27.0 Å². The molecule has 0 unspecified atom stereocenters. The van der Waals surface area contributed by atoms with Crippen molar-refractivity contribution in [2.75, 3.05) is 12.4 Å². The van der Waals surface area contributed by atoms with E-state index in [0.29, 0.717) is 6.54 Å². The molecule has 0 spiro atoms. The van der Waals surface area contributed by atoms with E-state index in [0.717, 1.165) is 28.3 Å². The zero-order chi connectivity index (χ0) is 13.1. The maximum atomic E-state index is 5.07. The summed E-state index contributed by atoms with van der Waals surface area (Å²) in [5.74, 6) is 1.54. The summed E-state index contributed by atoms with van der Waals surface area (Å²) in [5.41, 5.74) is 1.74. The third-order valence-electron chi connectivity index (χ3n) is 2.82. The molecule has 0 fully saturated rings. The van der Waals surface area contributed by atoms with Crippen molar-refractivity contribution in [3.63, 3.8) is 0 Å². The molecule has 3 aromatic rings. The maximum Gasteiger partial charge on any atom is 0.142 e. The molecule has 0 atom stereocenters. The molecule has 6 heteroatoms. The molecule has 3 rings (SSSR count). The van der Waals surface area contributed by atoms with Gasteiger partial charge in [-0.05, 0) is 18.2 Å². The van der Waals surface area contributed by atoms with Crippen molar-refractivity contribution in [3.05, 3.63) is 42.6 Å². The summed E-state index contributed by atoms with van der Waals surface area (Å²) in [4.78, 5) is 15.7. The van der Waals surface area contributed by atoms with E-state index < -0.39 is 0 Å². The standard InChI is InChI=1S/C13H13N5O/c1-19-10-3-2-9(15-7-10)6-16-13-11-4-5-14-12(11)17-8-18-13/h2-5,7-8H,6H2,1H3,(H2,14,16,17,18). The van der Waals surface area contributed by atoms with Crippen LogP contribution in [0.5, 0.6) is 5.75 Å². The fourth-order valence-corrected chi connectivity index (χ4v) is 1.82. The van der Waals surface area contributed by atoms with E-state index in [4.69, 9.17) is 4.74 Å². The molecule has 2 N–H and O–H groups in total. The van der Waals surface area contributed by atoms with Crippen LogP contribution in [0.25, 0.3) is 11.0 Å². The van der Waals surface area contributed by atoms with E-state index in [1.165, 1.54) is 6.33 Å². The average molecular weight is 255 g/mol. The summed E-state index contributed by atoms with van der Waals surface area (Å²) in [6.45, 7) is 0.598. The number of ether oxygens (including phenoxy) is 1. The van der Waals surface area contributed by atoms with E-state index >= 15 is 0 Å². The number of methoxy groups -OCH3 is 1. The summed E-state index contributed by atoms with van der Waals surface area (Å²) in [6, 6.07) is 5.75. The van der Waals surface area contributed by atoms with Crippen molar-refractivity contribution >= 4 is 16.9 Å². The molecule has 0 aliphatic rings. The highest BCUT2D eigenvalue weighted by Gasteiger charge is 2.04. The Kier molecular flexibility index (Phi) is 2.97. The molecule has 3 aromatic heterocycles. The van der Waals surface area contributed by atoms with Crippen LogP contribution in [0.4, 0.5) is 5.82 Å². The first-order valence-electron chi connectivity index (χ1n) is 5.87. The smallest absolute Gasteiger partial charge is 0.142 e. The monoisotopic (exact) mass is 255 g/mol. The Hall–Kier alpha value is -2.63. The van der Waals surface area contributed by atoms with Crippen LogP contribution in [0.1, 0.15) is 5.69 Å². The van der Waals surface area contributed by atoms with Gasteiger partial charge in [0.25, 0.3) is 0 Å². The minimum atomic E-state index is 0.598. The number of aromatic nitrogens is 4. The summed E-state index contributed by atoms with van der Waals surface area (Å²) < 4.78 is 5.07. The first-order valence-corrected chi connectivity index (χ1v) is 5.87. The van der Waals surface area contributed by atoms with Crippen molar-refractivity contribution in [2.45, 2.75) is 6.54 Å². The number of nitrogens with zero attached hydrogens (tertiary/aromatic N) is 3. The molecule has 3 heterocycles. The van der Waals surface area contributed by atoms with Gasteiger partial charge in [0, 0.05) is 6.20 Å². The molecule has 0 radical (unpaired) electrons. The Labute approximate surface area is 109 Å². The molecular weight excluding hydrogens is 242 g/mol. The second-order valence-electron chi connectivity index (χ2n) is 4.01. The summed E-state index contributed by atoms with van der Waals surface area (Å²) >= 11 is 0. The molecule has 0 aromatic carbocycles. The van der Waals surface area contributed by atoms with E-state index in [2.05, 4.69) is 25.3 Å². The van der Waals surface area contributed by atoms with Gasteiger partial charge in [0.05, 0.1) is 30.9 Å². The predicted octanol–water partition coefficient (Wildman–Crippen LogP) is 1.97. The molecule has 0 amide bonds. The number of fused-ring (bicyclic) bond motifs is 1. The third-order valence-corrected chi connectivity index (χ3v) is 2.82. The molecule has 96 valence electrons. The van der Waals surface area contributed by atoms with Crippen molar-refractivity contribution in [2.24, 2.45) is 0 Å². The SMILES string of the molecule is COc1ccc(CNc2ncnc3[nH]ccc23)nc1. The molecule has 0 aliphatic carbocycles. The number of rotatable bonds is 4. The molecule has 19 heavy (non-hydrogen) atoms. The normalized spacial score (nSPS) is 10.6. The average Bonchev–Trinajstić information content (AvgIpc) is 2.94. The van der Waals surface area contributed by atoms with Crippen LogP contribution >= 0.6 is 0 Å². The lowest BCUT2D eigenvalue weighted by atomic mass is 10.3. The summed E-state index contributed by atoms with van der Waals surface area (Å²) in [6.07, 6.45) is 5.07. The molecule has 0 saturated heterocycles. The number of H-pyrrole nitrogens is 1. The zero-order valence-electron chi connectivity index (χ0n) is 10.4. The van der Waals surface area contributed by atoms with Gasteiger partial charge in [-0.3, -0.25) is 4.98 Å². The van der Waals surface area contributed by atoms with Crippen molar-refractivity contribution in [1.29, 1.82) is 0 Å². The van der Waals surface area contributed by atoms with Gasteiger partial charge in [0.15, 0.2) is 0 Å². The minimum absolute atomic E-state index is 0.598. The van der Waals surface area contributed by atoms with Gasteiger partial charge in [-0.1, -0.05) is 0 Å². The highest BCUT2D eigenvalue weighted by Crippen LogP contribution is 2.18. The number of anilines is 1. The number of aromatic amines is 1. The molecule has 0 aliphatic heterocycles. The van der Waals surface area contributed by atoms with E-state index in [1.807, 2.05) is 24.4 Å².